The van der Waals surface area contributed by atoms with Gasteiger partial charge in [-0.15, -0.1) is 0 Å². The van der Waals surface area contributed by atoms with Crippen LogP contribution in [0.2, 0.25) is 0 Å². The second-order valence-corrected chi connectivity index (χ2v) is 4.02. The minimum atomic E-state index is -1.11. The smallest absolute Gasteiger partial charge is 0.336 e. The van der Waals surface area contributed by atoms with E-state index in [0.717, 1.165) is 0 Å². The highest BCUT2D eigenvalue weighted by Crippen LogP contribution is 2.21. The Balaban J connectivity index is 2.59. The van der Waals surface area contributed by atoms with Crippen molar-refractivity contribution in [1.82, 2.24) is 0 Å². The van der Waals surface area contributed by atoms with Gasteiger partial charge in [0.05, 0.1) is 4.47 Å². The molecule has 1 N–H and O–H groups in total. The monoisotopic (exact) mass is 306 g/mol. The van der Waals surface area contributed by atoms with Gasteiger partial charge in [-0.25, -0.2) is 9.18 Å². The van der Waals surface area contributed by atoms with Crippen LogP contribution in [0.25, 0.3) is 0 Å². The maximum atomic E-state index is 13.1. The van der Waals surface area contributed by atoms with E-state index < -0.39 is 17.9 Å². The zero-order valence-electron chi connectivity index (χ0n) is 9.15. The summed E-state index contributed by atoms with van der Waals surface area (Å²) in [4.78, 5) is 10.7. The molecule has 1 unspecified atom stereocenters. The molecule has 0 aliphatic heterocycles. The van der Waals surface area contributed by atoms with E-state index in [9.17, 15) is 9.18 Å². The van der Waals surface area contributed by atoms with Crippen LogP contribution in [0.5, 0.6) is 5.75 Å². The number of carboxylic acids is 1. The Morgan fingerprint density at radius 3 is 2.82 bits per heavy atom. The third kappa shape index (κ3) is 4.32. The van der Waals surface area contributed by atoms with Gasteiger partial charge in [0.2, 0.25) is 0 Å². The molecule has 0 aromatic heterocycles. The summed E-state index contributed by atoms with van der Waals surface area (Å²) in [6.07, 6.45) is -1.05. The summed E-state index contributed by atoms with van der Waals surface area (Å²) < 4.78 is 23.6. The molecule has 0 heterocycles. The first-order valence-corrected chi connectivity index (χ1v) is 5.76. The van der Waals surface area contributed by atoms with Crippen molar-refractivity contribution < 1.29 is 23.8 Å². The molecule has 1 aromatic rings. The molecule has 0 saturated heterocycles. The average Bonchev–Trinajstić information content (AvgIpc) is 2.28. The fourth-order valence-corrected chi connectivity index (χ4v) is 1.38. The van der Waals surface area contributed by atoms with E-state index in [0.29, 0.717) is 4.47 Å². The summed E-state index contributed by atoms with van der Waals surface area (Å²) in [6.45, 7) is 1.80. The third-order valence-electron chi connectivity index (χ3n) is 1.94. The molecule has 0 aliphatic rings. The number of hydrogen-bond donors (Lipinski definition) is 1. The summed E-state index contributed by atoms with van der Waals surface area (Å²) in [5, 5.41) is 8.79. The topological polar surface area (TPSA) is 55.8 Å². The normalized spacial score (nSPS) is 12.2. The molecule has 4 nitrogen and oxygen atoms in total. The average molecular weight is 307 g/mol. The van der Waals surface area contributed by atoms with Crippen LogP contribution in [0.3, 0.4) is 0 Å². The predicted octanol–water partition coefficient (Wildman–Crippen LogP) is 2.46. The molecule has 0 spiro atoms. The molecular weight excluding hydrogens is 295 g/mol. The van der Waals surface area contributed by atoms with Crippen molar-refractivity contribution in [3.63, 3.8) is 0 Å². The molecule has 1 aromatic carbocycles. The lowest BCUT2D eigenvalue weighted by Gasteiger charge is -2.13. The van der Waals surface area contributed by atoms with Crippen molar-refractivity contribution in [2.75, 3.05) is 13.2 Å². The van der Waals surface area contributed by atoms with E-state index in [-0.39, 0.29) is 19.0 Å². The van der Waals surface area contributed by atoms with Crippen LogP contribution in [0.15, 0.2) is 22.7 Å². The number of carboxylic acid groups (broad SMARTS) is 1. The van der Waals surface area contributed by atoms with E-state index in [1.807, 2.05) is 0 Å². The van der Waals surface area contributed by atoms with Gasteiger partial charge in [-0.2, -0.15) is 0 Å². The van der Waals surface area contributed by atoms with E-state index in [1.54, 1.807) is 6.92 Å². The van der Waals surface area contributed by atoms with Crippen LogP contribution >= 0.6 is 15.9 Å². The summed E-state index contributed by atoms with van der Waals surface area (Å²) >= 11 is 3.01. The number of benzene rings is 1. The molecule has 0 bridgehead atoms. The number of carbonyl (C=O) groups is 1. The van der Waals surface area contributed by atoms with Gasteiger partial charge in [-0.1, -0.05) is 0 Å². The molecule has 17 heavy (non-hydrogen) atoms. The van der Waals surface area contributed by atoms with Gasteiger partial charge in [0, 0.05) is 12.7 Å². The summed E-state index contributed by atoms with van der Waals surface area (Å²) in [5.74, 6) is -1.31. The molecule has 1 rings (SSSR count). The van der Waals surface area contributed by atoms with Crippen LogP contribution in [-0.2, 0) is 9.53 Å². The minimum Gasteiger partial charge on any atom is -0.490 e. The standard InChI is InChI=1S/C11H12BrFO4/c1-2-16-10(11(14)15)6-17-7-3-4-8(12)9(13)5-7/h3-5,10H,2,6H2,1H3,(H,14,15). The maximum Gasteiger partial charge on any atom is 0.336 e. The van der Waals surface area contributed by atoms with Gasteiger partial charge in [0.25, 0.3) is 0 Å². The second kappa shape index (κ2) is 6.56. The van der Waals surface area contributed by atoms with Crippen LogP contribution in [-0.4, -0.2) is 30.4 Å². The fraction of sp³-hybridized carbons (Fsp3) is 0.364. The number of halogens is 2. The van der Waals surface area contributed by atoms with Gasteiger partial charge in [0.15, 0.2) is 6.10 Å². The van der Waals surface area contributed by atoms with Crippen molar-refractivity contribution in [2.24, 2.45) is 0 Å². The van der Waals surface area contributed by atoms with Gasteiger partial charge in [-0.3, -0.25) is 0 Å². The quantitative estimate of drug-likeness (QED) is 0.877. The first kappa shape index (κ1) is 13.9. The Morgan fingerprint density at radius 2 is 2.29 bits per heavy atom. The Labute approximate surface area is 106 Å². The second-order valence-electron chi connectivity index (χ2n) is 3.17. The summed E-state index contributed by atoms with van der Waals surface area (Å²) in [5.41, 5.74) is 0. The van der Waals surface area contributed by atoms with Crippen LogP contribution in [0, 0.1) is 5.82 Å². The molecular formula is C11H12BrFO4. The van der Waals surface area contributed by atoms with Crippen molar-refractivity contribution >= 4 is 21.9 Å². The molecule has 0 amide bonds. The molecule has 1 atom stereocenters. The Morgan fingerprint density at radius 1 is 1.59 bits per heavy atom. The number of ether oxygens (including phenoxy) is 2. The highest BCUT2D eigenvalue weighted by Gasteiger charge is 2.18. The van der Waals surface area contributed by atoms with Crippen molar-refractivity contribution in [1.29, 1.82) is 0 Å². The zero-order valence-corrected chi connectivity index (χ0v) is 10.7. The van der Waals surface area contributed by atoms with E-state index >= 15 is 0 Å². The lowest BCUT2D eigenvalue weighted by Crippen LogP contribution is -2.30. The highest BCUT2D eigenvalue weighted by atomic mass is 79.9. The first-order chi connectivity index (χ1) is 8.04. The van der Waals surface area contributed by atoms with Gasteiger partial charge in [-0.05, 0) is 35.0 Å². The Kier molecular flexibility index (Phi) is 5.37. The largest absolute Gasteiger partial charge is 0.490 e. The summed E-state index contributed by atoms with van der Waals surface area (Å²) in [7, 11) is 0. The van der Waals surface area contributed by atoms with E-state index in [1.165, 1.54) is 18.2 Å². The number of aliphatic carboxylic acids is 1. The molecule has 6 heteroatoms. The Bertz CT molecular complexity index is 397. The number of rotatable bonds is 6. The lowest BCUT2D eigenvalue weighted by atomic mass is 10.3. The minimum absolute atomic E-state index is 0.162. The Hall–Kier alpha value is -1.14. The lowest BCUT2D eigenvalue weighted by molar-refractivity contribution is -0.152. The van der Waals surface area contributed by atoms with Crippen LogP contribution in [0.1, 0.15) is 6.92 Å². The first-order valence-electron chi connectivity index (χ1n) is 4.96. The third-order valence-corrected chi connectivity index (χ3v) is 2.58. The molecule has 0 aliphatic carbocycles. The van der Waals surface area contributed by atoms with E-state index in [4.69, 9.17) is 14.6 Å². The van der Waals surface area contributed by atoms with Crippen molar-refractivity contribution in [3.05, 3.63) is 28.5 Å². The molecule has 94 valence electrons. The molecule has 0 radical (unpaired) electrons. The van der Waals surface area contributed by atoms with E-state index in [2.05, 4.69) is 15.9 Å². The van der Waals surface area contributed by atoms with Gasteiger partial charge >= 0.3 is 5.97 Å². The SMILES string of the molecule is CCOC(COc1ccc(Br)c(F)c1)C(=O)O. The van der Waals surface area contributed by atoms with Crippen molar-refractivity contribution in [3.8, 4) is 5.75 Å². The predicted molar refractivity (Wildman–Crippen MR) is 62.6 cm³/mol. The molecule has 0 fully saturated rings. The van der Waals surface area contributed by atoms with Crippen LogP contribution < -0.4 is 4.74 Å². The summed E-state index contributed by atoms with van der Waals surface area (Å²) in [6, 6.07) is 4.20. The fourth-order valence-electron chi connectivity index (χ4n) is 1.13. The number of hydrogen-bond acceptors (Lipinski definition) is 3. The maximum absolute atomic E-state index is 13.1. The van der Waals surface area contributed by atoms with Gasteiger partial charge < -0.3 is 14.6 Å². The zero-order chi connectivity index (χ0) is 12.8. The molecule has 0 saturated carbocycles. The van der Waals surface area contributed by atoms with Gasteiger partial charge in [0.1, 0.15) is 18.2 Å². The van der Waals surface area contributed by atoms with Crippen molar-refractivity contribution in [2.45, 2.75) is 13.0 Å². The highest BCUT2D eigenvalue weighted by molar-refractivity contribution is 9.10. The van der Waals surface area contributed by atoms with Crippen LogP contribution in [0.4, 0.5) is 4.39 Å².